The summed E-state index contributed by atoms with van der Waals surface area (Å²) in [4.78, 5) is 34.2. The molecule has 3 atom stereocenters. The van der Waals surface area contributed by atoms with Crippen molar-refractivity contribution in [1.82, 2.24) is 10.6 Å². The van der Waals surface area contributed by atoms with Gasteiger partial charge in [0, 0.05) is 12.2 Å². The van der Waals surface area contributed by atoms with Crippen molar-refractivity contribution < 1.29 is 34.8 Å². The average molecular weight is 328 g/mol. The normalized spacial score (nSPS) is 19.5. The molecule has 2 amide bonds. The van der Waals surface area contributed by atoms with Crippen molar-refractivity contribution in [3.05, 3.63) is 23.4 Å². The third-order valence-electron chi connectivity index (χ3n) is 3.14. The minimum atomic E-state index is -1.60. The van der Waals surface area contributed by atoms with Crippen molar-refractivity contribution in [3.63, 3.8) is 0 Å². The van der Waals surface area contributed by atoms with E-state index in [1.54, 1.807) is 0 Å². The van der Waals surface area contributed by atoms with Gasteiger partial charge in [-0.15, -0.1) is 0 Å². The number of aliphatic hydroxyl groups excluding tert-OH is 4. The van der Waals surface area contributed by atoms with E-state index in [0.29, 0.717) is 0 Å². The highest BCUT2D eigenvalue weighted by Crippen LogP contribution is 2.14. The van der Waals surface area contributed by atoms with Gasteiger partial charge in [-0.2, -0.15) is 0 Å². The number of ketones is 1. The molecular weight excluding hydrogens is 308 g/mol. The first-order chi connectivity index (χ1) is 10.8. The molecule has 1 aliphatic rings. The Labute approximate surface area is 132 Å². The minimum absolute atomic E-state index is 0.0594. The van der Waals surface area contributed by atoms with E-state index in [-0.39, 0.29) is 30.0 Å². The van der Waals surface area contributed by atoms with Crippen LogP contribution in [0, 0.1) is 0 Å². The summed E-state index contributed by atoms with van der Waals surface area (Å²) in [5, 5.41) is 42.0. The van der Waals surface area contributed by atoms with Gasteiger partial charge in [0.1, 0.15) is 12.2 Å². The van der Waals surface area contributed by atoms with Gasteiger partial charge < -0.3 is 25.7 Å². The summed E-state index contributed by atoms with van der Waals surface area (Å²) in [5.41, 5.74) is 0.241. The number of aliphatic hydroxyl groups is 4. The number of rotatable bonds is 8. The van der Waals surface area contributed by atoms with Crippen LogP contribution in [0.4, 0.5) is 0 Å². The Hall–Kier alpha value is -2.07. The van der Waals surface area contributed by atoms with Crippen LogP contribution in [-0.2, 0) is 14.4 Å². The van der Waals surface area contributed by atoms with Gasteiger partial charge in [-0.1, -0.05) is 0 Å². The van der Waals surface area contributed by atoms with E-state index in [4.69, 9.17) is 5.11 Å². The monoisotopic (exact) mass is 328 g/mol. The molecule has 6 N–H and O–H groups in total. The Kier molecular flexibility index (Phi) is 7.04. The molecule has 0 aromatic rings. The smallest absolute Gasteiger partial charge is 0.259 e. The van der Waals surface area contributed by atoms with Gasteiger partial charge in [-0.05, 0) is 19.1 Å². The number of carbonyl (C=O) groups excluding carboxylic acids is 3. The summed E-state index contributed by atoms with van der Waals surface area (Å²) in [6.07, 6.45) is -2.32. The molecule has 0 saturated carbocycles. The van der Waals surface area contributed by atoms with Crippen LogP contribution in [0.1, 0.15) is 13.3 Å². The first kappa shape index (κ1) is 19.0. The summed E-state index contributed by atoms with van der Waals surface area (Å²) in [6.45, 7) is 0.298. The maximum Gasteiger partial charge on any atom is 0.259 e. The lowest BCUT2D eigenvalue weighted by atomic mass is 10.0. The number of imide groups is 1. The minimum Gasteiger partial charge on any atom is -0.394 e. The first-order valence-electron chi connectivity index (χ1n) is 6.91. The molecule has 0 aliphatic carbocycles. The second-order valence-corrected chi connectivity index (χ2v) is 5.08. The van der Waals surface area contributed by atoms with Gasteiger partial charge in [-0.3, -0.25) is 19.7 Å². The molecule has 0 fully saturated rings. The van der Waals surface area contributed by atoms with Crippen LogP contribution in [0.5, 0.6) is 0 Å². The highest BCUT2D eigenvalue weighted by atomic mass is 16.4. The summed E-state index contributed by atoms with van der Waals surface area (Å²) < 4.78 is 0. The molecular formula is C14H20N2O7. The standard InChI is InChI=1S/C14H20N2O7/c1-7(18)2-3-8-9(4-12(21)16-14(8)23)15-5-10(19)13(22)11(20)6-17/h2-3,10-11,13,15,17,19-20,22H,4-6H2,1H3,(H,16,21,23)/b3-2+/t10-,11+,13-/m0/s1. The van der Waals surface area contributed by atoms with Gasteiger partial charge in [0.05, 0.1) is 24.7 Å². The SMILES string of the molecule is CC(=O)/C=C/C1=C(NC[C@H](O)[C@H](O)[C@H](O)CO)CC(=O)NC1=O. The third-order valence-corrected chi connectivity index (χ3v) is 3.14. The highest BCUT2D eigenvalue weighted by molar-refractivity contribution is 6.10. The molecule has 1 aliphatic heterocycles. The summed E-state index contributed by atoms with van der Waals surface area (Å²) in [6, 6.07) is 0. The number of carbonyl (C=O) groups is 3. The lowest BCUT2D eigenvalue weighted by Crippen LogP contribution is -2.46. The molecule has 1 rings (SSSR count). The molecule has 0 saturated heterocycles. The molecule has 9 heteroatoms. The van der Waals surface area contributed by atoms with Crippen molar-refractivity contribution in [2.24, 2.45) is 0 Å². The highest BCUT2D eigenvalue weighted by Gasteiger charge is 2.27. The Morgan fingerprint density at radius 3 is 2.52 bits per heavy atom. The molecule has 0 aromatic heterocycles. The second-order valence-electron chi connectivity index (χ2n) is 5.08. The van der Waals surface area contributed by atoms with Crippen LogP contribution in [-0.4, -0.2) is 69.5 Å². The number of hydrogen-bond acceptors (Lipinski definition) is 8. The molecule has 0 unspecified atom stereocenters. The quantitative estimate of drug-likeness (QED) is 0.205. The molecule has 0 radical (unpaired) electrons. The molecule has 9 nitrogen and oxygen atoms in total. The second kappa shape index (κ2) is 8.53. The van der Waals surface area contributed by atoms with Gasteiger partial charge in [0.25, 0.3) is 5.91 Å². The fourth-order valence-corrected chi connectivity index (χ4v) is 1.88. The topological polar surface area (TPSA) is 156 Å². The first-order valence-corrected chi connectivity index (χ1v) is 6.91. The van der Waals surface area contributed by atoms with E-state index >= 15 is 0 Å². The molecule has 23 heavy (non-hydrogen) atoms. The lowest BCUT2D eigenvalue weighted by Gasteiger charge is -2.24. The van der Waals surface area contributed by atoms with Gasteiger partial charge in [-0.25, -0.2) is 0 Å². The fraction of sp³-hybridized carbons (Fsp3) is 0.500. The van der Waals surface area contributed by atoms with E-state index in [1.807, 2.05) is 0 Å². The zero-order valence-electron chi connectivity index (χ0n) is 12.5. The molecule has 0 aromatic carbocycles. The fourth-order valence-electron chi connectivity index (χ4n) is 1.88. The molecule has 1 heterocycles. The van der Waals surface area contributed by atoms with Gasteiger partial charge in [0.2, 0.25) is 5.91 Å². The zero-order valence-corrected chi connectivity index (χ0v) is 12.5. The van der Waals surface area contributed by atoms with Crippen molar-refractivity contribution in [2.45, 2.75) is 31.7 Å². The van der Waals surface area contributed by atoms with Crippen LogP contribution in [0.25, 0.3) is 0 Å². The van der Waals surface area contributed by atoms with Gasteiger partial charge in [0.15, 0.2) is 5.78 Å². The van der Waals surface area contributed by atoms with Crippen molar-refractivity contribution in [2.75, 3.05) is 13.2 Å². The van der Waals surface area contributed by atoms with Crippen LogP contribution in [0.2, 0.25) is 0 Å². The Morgan fingerprint density at radius 1 is 1.30 bits per heavy atom. The van der Waals surface area contributed by atoms with E-state index < -0.39 is 36.7 Å². The Morgan fingerprint density at radius 2 is 1.96 bits per heavy atom. The molecule has 0 bridgehead atoms. The largest absolute Gasteiger partial charge is 0.394 e. The van der Waals surface area contributed by atoms with E-state index in [0.717, 1.165) is 6.08 Å². The van der Waals surface area contributed by atoms with Crippen LogP contribution < -0.4 is 10.6 Å². The van der Waals surface area contributed by atoms with Crippen molar-refractivity contribution in [3.8, 4) is 0 Å². The molecule has 128 valence electrons. The summed E-state index contributed by atoms with van der Waals surface area (Å²) >= 11 is 0. The predicted molar refractivity (Wildman–Crippen MR) is 77.7 cm³/mol. The lowest BCUT2D eigenvalue weighted by molar-refractivity contribution is -0.129. The maximum atomic E-state index is 11.8. The van der Waals surface area contributed by atoms with Crippen LogP contribution >= 0.6 is 0 Å². The number of nitrogens with one attached hydrogen (secondary N) is 2. The number of hydrogen-bond donors (Lipinski definition) is 6. The number of amides is 2. The van der Waals surface area contributed by atoms with Crippen LogP contribution in [0.3, 0.4) is 0 Å². The van der Waals surface area contributed by atoms with Gasteiger partial charge >= 0.3 is 0 Å². The van der Waals surface area contributed by atoms with Crippen LogP contribution in [0.15, 0.2) is 23.4 Å². The Balaban J connectivity index is 2.86. The predicted octanol–water partition coefficient (Wildman–Crippen LogP) is -2.90. The maximum absolute atomic E-state index is 11.8. The Bertz CT molecular complexity index is 541. The average Bonchev–Trinajstić information content (AvgIpc) is 2.49. The van der Waals surface area contributed by atoms with Crippen molar-refractivity contribution in [1.29, 1.82) is 0 Å². The van der Waals surface area contributed by atoms with E-state index in [2.05, 4.69) is 10.6 Å². The van der Waals surface area contributed by atoms with Crippen molar-refractivity contribution >= 4 is 17.6 Å². The van der Waals surface area contributed by atoms with E-state index in [1.165, 1.54) is 13.0 Å². The third kappa shape index (κ3) is 5.57. The summed E-state index contributed by atoms with van der Waals surface area (Å²) in [5.74, 6) is -1.53. The molecule has 0 spiro atoms. The zero-order chi connectivity index (χ0) is 17.6. The van der Waals surface area contributed by atoms with E-state index in [9.17, 15) is 29.7 Å². The number of allylic oxidation sites excluding steroid dienone is 1. The summed E-state index contributed by atoms with van der Waals surface area (Å²) in [7, 11) is 0.